The molecule has 0 aliphatic heterocycles. The summed E-state index contributed by atoms with van der Waals surface area (Å²) in [7, 11) is -6.00. The van der Waals surface area contributed by atoms with Gasteiger partial charge in [-0.25, -0.2) is 0 Å². The number of hydrogen-bond acceptors (Lipinski definition) is 4. The quantitative estimate of drug-likeness (QED) is 0.253. The van der Waals surface area contributed by atoms with Gasteiger partial charge in [0.25, 0.3) is 5.69 Å². The minimum absolute atomic E-state index is 0.0451. The van der Waals surface area contributed by atoms with Crippen molar-refractivity contribution in [3.05, 3.63) is 64.7 Å². The van der Waals surface area contributed by atoms with Gasteiger partial charge in [-0.05, 0) is 24.3 Å². The first-order valence-corrected chi connectivity index (χ1v) is 5.84. The van der Waals surface area contributed by atoms with Crippen LogP contribution in [0.25, 0.3) is 0 Å². The van der Waals surface area contributed by atoms with Crippen LogP contribution in [0.5, 0.6) is 0 Å². The Kier molecular flexibility index (Phi) is 6.17. The molecular formula is C12H9BF4N3O2-. The Bertz CT molecular complexity index is 627. The second-order valence-electron chi connectivity index (χ2n) is 3.80. The van der Waals surface area contributed by atoms with E-state index in [1.165, 1.54) is 12.1 Å². The predicted octanol–water partition coefficient (Wildman–Crippen LogP) is 5.31. The highest BCUT2D eigenvalue weighted by Crippen LogP contribution is 2.20. The molecule has 0 heterocycles. The Balaban J connectivity index is 0.000000422. The Hall–Kier alpha value is -2.78. The van der Waals surface area contributed by atoms with Gasteiger partial charge in [0.05, 0.1) is 16.3 Å². The lowest BCUT2D eigenvalue weighted by Gasteiger charge is -1.94. The molecule has 116 valence electrons. The molecule has 2 aromatic carbocycles. The summed E-state index contributed by atoms with van der Waals surface area (Å²) in [5.41, 5.74) is 1.37. The first-order valence-electron chi connectivity index (χ1n) is 5.84. The Morgan fingerprint density at radius 1 is 0.818 bits per heavy atom. The molecule has 0 amide bonds. The number of rotatable bonds is 3. The van der Waals surface area contributed by atoms with Crippen molar-refractivity contribution >= 4 is 24.3 Å². The van der Waals surface area contributed by atoms with Crippen molar-refractivity contribution in [3.8, 4) is 0 Å². The molecule has 2 rings (SSSR count). The molecule has 22 heavy (non-hydrogen) atoms. The van der Waals surface area contributed by atoms with Gasteiger partial charge in [0.15, 0.2) is 0 Å². The van der Waals surface area contributed by atoms with Crippen LogP contribution in [-0.4, -0.2) is 12.2 Å². The topological polar surface area (TPSA) is 67.9 Å². The Morgan fingerprint density at radius 3 is 1.64 bits per heavy atom. The summed E-state index contributed by atoms with van der Waals surface area (Å²) >= 11 is 0. The SMILES string of the molecule is F[B-](F)(F)F.O=[N+]([O-])c1ccc(N=Nc2ccccc2)cc1. The fraction of sp³-hybridized carbons (Fsp3) is 0. The average Bonchev–Trinajstić information content (AvgIpc) is 2.45. The zero-order valence-electron chi connectivity index (χ0n) is 10.9. The molecule has 0 atom stereocenters. The summed E-state index contributed by atoms with van der Waals surface area (Å²) in [5.74, 6) is 0. The van der Waals surface area contributed by atoms with E-state index in [1.807, 2.05) is 30.3 Å². The standard InChI is InChI=1S/C12H9N3O2.BF4/c16-15(17)12-8-6-11(7-9-12)14-13-10-4-2-1-3-5-10;2-1(3,4)5/h1-9H;/q;-1. The summed E-state index contributed by atoms with van der Waals surface area (Å²) < 4.78 is 39.0. The van der Waals surface area contributed by atoms with E-state index < -0.39 is 12.2 Å². The summed E-state index contributed by atoms with van der Waals surface area (Å²) in [5, 5.41) is 18.4. The summed E-state index contributed by atoms with van der Waals surface area (Å²) in [6.07, 6.45) is 0. The molecular weight excluding hydrogens is 305 g/mol. The monoisotopic (exact) mass is 314 g/mol. The molecule has 0 spiro atoms. The Morgan fingerprint density at radius 2 is 1.23 bits per heavy atom. The number of nitro groups is 1. The first kappa shape index (κ1) is 17.3. The number of benzene rings is 2. The number of nitro benzene ring substituents is 1. The normalized spacial score (nSPS) is 10.9. The minimum atomic E-state index is -6.00. The smallest absolute Gasteiger partial charge is 0.418 e. The summed E-state index contributed by atoms with van der Waals surface area (Å²) in [6.45, 7) is 0. The molecule has 5 nitrogen and oxygen atoms in total. The van der Waals surface area contributed by atoms with Crippen LogP contribution in [0.1, 0.15) is 0 Å². The van der Waals surface area contributed by atoms with Gasteiger partial charge in [-0.15, -0.1) is 0 Å². The van der Waals surface area contributed by atoms with E-state index in [-0.39, 0.29) is 5.69 Å². The van der Waals surface area contributed by atoms with E-state index in [4.69, 9.17) is 0 Å². The molecule has 0 unspecified atom stereocenters. The van der Waals surface area contributed by atoms with E-state index in [0.29, 0.717) is 5.69 Å². The molecule has 0 saturated carbocycles. The third-order valence-corrected chi connectivity index (χ3v) is 2.10. The number of hydrogen-bond donors (Lipinski definition) is 0. The van der Waals surface area contributed by atoms with Crippen molar-refractivity contribution < 1.29 is 22.2 Å². The van der Waals surface area contributed by atoms with E-state index in [1.54, 1.807) is 12.1 Å². The lowest BCUT2D eigenvalue weighted by Crippen LogP contribution is -2.02. The molecule has 10 heteroatoms. The fourth-order valence-corrected chi connectivity index (χ4v) is 1.25. The van der Waals surface area contributed by atoms with Crippen molar-refractivity contribution in [2.45, 2.75) is 0 Å². The van der Waals surface area contributed by atoms with Gasteiger partial charge in [0, 0.05) is 12.1 Å². The van der Waals surface area contributed by atoms with E-state index >= 15 is 0 Å². The molecule has 0 fully saturated rings. The molecule has 0 N–H and O–H groups in total. The van der Waals surface area contributed by atoms with Crippen LogP contribution in [-0.2, 0) is 0 Å². The maximum atomic E-state index is 10.4. The second-order valence-corrected chi connectivity index (χ2v) is 3.80. The highest BCUT2D eigenvalue weighted by molar-refractivity contribution is 6.50. The first-order chi connectivity index (χ1) is 10.3. The molecule has 0 bridgehead atoms. The summed E-state index contributed by atoms with van der Waals surface area (Å²) in [4.78, 5) is 10.00. The Labute approximate surface area is 122 Å². The van der Waals surface area contributed by atoms with Crippen LogP contribution >= 0.6 is 0 Å². The average molecular weight is 314 g/mol. The van der Waals surface area contributed by atoms with Crippen LogP contribution in [0.2, 0.25) is 0 Å². The van der Waals surface area contributed by atoms with Crippen LogP contribution in [0.3, 0.4) is 0 Å². The summed E-state index contributed by atoms with van der Waals surface area (Å²) in [6, 6.07) is 15.2. The van der Waals surface area contributed by atoms with Crippen molar-refractivity contribution in [1.29, 1.82) is 0 Å². The van der Waals surface area contributed by atoms with Crippen molar-refractivity contribution in [2.24, 2.45) is 10.2 Å². The van der Waals surface area contributed by atoms with E-state index in [2.05, 4.69) is 10.2 Å². The largest absolute Gasteiger partial charge is 0.673 e. The van der Waals surface area contributed by atoms with Crippen molar-refractivity contribution in [3.63, 3.8) is 0 Å². The second kappa shape index (κ2) is 7.86. The molecule has 0 saturated heterocycles. The van der Waals surface area contributed by atoms with Gasteiger partial charge in [-0.3, -0.25) is 10.1 Å². The third kappa shape index (κ3) is 7.73. The van der Waals surface area contributed by atoms with Gasteiger partial charge in [-0.2, -0.15) is 10.2 Å². The van der Waals surface area contributed by atoms with Gasteiger partial charge >= 0.3 is 7.25 Å². The molecule has 0 radical (unpaired) electrons. The predicted molar refractivity (Wildman–Crippen MR) is 73.9 cm³/mol. The van der Waals surface area contributed by atoms with Crippen molar-refractivity contribution in [1.82, 2.24) is 0 Å². The zero-order valence-corrected chi connectivity index (χ0v) is 10.9. The van der Waals surface area contributed by atoms with Gasteiger partial charge in [0.1, 0.15) is 0 Å². The highest BCUT2D eigenvalue weighted by Gasteiger charge is 2.20. The molecule has 0 aromatic heterocycles. The highest BCUT2D eigenvalue weighted by atomic mass is 19.5. The number of halogens is 4. The van der Waals surface area contributed by atoms with E-state index in [9.17, 15) is 27.4 Å². The lowest BCUT2D eigenvalue weighted by atomic mass is 10.3. The minimum Gasteiger partial charge on any atom is -0.418 e. The molecule has 0 aliphatic rings. The third-order valence-electron chi connectivity index (χ3n) is 2.10. The zero-order chi connectivity index (χ0) is 16.6. The molecule has 2 aromatic rings. The van der Waals surface area contributed by atoms with Crippen LogP contribution in [0, 0.1) is 10.1 Å². The number of non-ortho nitro benzene ring substituents is 1. The van der Waals surface area contributed by atoms with Gasteiger partial charge in [-0.1, -0.05) is 18.2 Å². The molecule has 0 aliphatic carbocycles. The maximum Gasteiger partial charge on any atom is 0.673 e. The van der Waals surface area contributed by atoms with Crippen LogP contribution < -0.4 is 0 Å². The number of nitrogens with zero attached hydrogens (tertiary/aromatic N) is 3. The van der Waals surface area contributed by atoms with Crippen LogP contribution in [0.15, 0.2) is 64.8 Å². The van der Waals surface area contributed by atoms with E-state index in [0.717, 1.165) is 5.69 Å². The number of azo groups is 1. The fourth-order valence-electron chi connectivity index (χ4n) is 1.25. The van der Waals surface area contributed by atoms with Crippen LogP contribution in [0.4, 0.5) is 34.3 Å². The van der Waals surface area contributed by atoms with Gasteiger partial charge < -0.3 is 17.3 Å². The van der Waals surface area contributed by atoms with Crippen molar-refractivity contribution in [2.75, 3.05) is 0 Å². The lowest BCUT2D eigenvalue weighted by molar-refractivity contribution is -0.384. The van der Waals surface area contributed by atoms with Gasteiger partial charge in [0.2, 0.25) is 0 Å². The maximum absolute atomic E-state index is 10.4.